The fourth-order valence-corrected chi connectivity index (χ4v) is 2.90. The fourth-order valence-electron chi connectivity index (χ4n) is 2.90. The number of hydrogen-bond donors (Lipinski definition) is 2. The third-order valence-corrected chi connectivity index (χ3v) is 4.20. The molecule has 2 N–H and O–H groups in total. The number of imidazole rings is 1. The fraction of sp³-hybridized carbons (Fsp3) is 0.105. The molecular weight excluding hydrogens is 330 g/mol. The zero-order valence-electron chi connectivity index (χ0n) is 13.9. The van der Waals surface area contributed by atoms with Gasteiger partial charge in [0.25, 0.3) is 5.91 Å². The number of aromatic nitrogens is 2. The lowest BCUT2D eigenvalue weighted by molar-refractivity contribution is 0.102. The molecule has 0 atom stereocenters. The number of para-hydroxylation sites is 1. The zero-order valence-corrected chi connectivity index (χ0v) is 13.9. The average molecular weight is 347 g/mol. The van der Waals surface area contributed by atoms with Gasteiger partial charge in [-0.25, -0.2) is 9.78 Å². The van der Waals surface area contributed by atoms with Gasteiger partial charge in [-0.15, -0.1) is 0 Å². The van der Waals surface area contributed by atoms with Crippen LogP contribution in [0.25, 0.3) is 5.69 Å². The smallest absolute Gasteiger partial charge is 0.321 e. The van der Waals surface area contributed by atoms with E-state index in [1.165, 1.54) is 6.20 Å². The summed E-state index contributed by atoms with van der Waals surface area (Å²) < 4.78 is 1.73. The predicted octanol–water partition coefficient (Wildman–Crippen LogP) is 2.65. The molecule has 0 radical (unpaired) electrons. The number of urea groups is 1. The maximum absolute atomic E-state index is 12.6. The Morgan fingerprint density at radius 1 is 1.04 bits per heavy atom. The molecule has 2 heterocycles. The standard InChI is InChI=1S/C19H17N5O2/c25-18(17-12-20-13-24(17)15-4-2-1-3-5-15)22-14-6-8-16(9-7-14)23-11-10-21-19(23)26/h1-9,12-13H,10-11H2,(H,21,26)(H,22,25). The van der Waals surface area contributed by atoms with E-state index in [0.29, 0.717) is 24.5 Å². The molecule has 7 heteroatoms. The number of rotatable bonds is 4. The van der Waals surface area contributed by atoms with Gasteiger partial charge < -0.3 is 10.6 Å². The van der Waals surface area contributed by atoms with Crippen LogP contribution in [0.3, 0.4) is 0 Å². The van der Waals surface area contributed by atoms with Gasteiger partial charge in [-0.05, 0) is 36.4 Å². The number of carbonyl (C=O) groups excluding carboxylic acids is 2. The molecule has 4 rings (SSSR count). The Balaban J connectivity index is 1.51. The van der Waals surface area contributed by atoms with E-state index in [2.05, 4.69) is 15.6 Å². The monoisotopic (exact) mass is 347 g/mol. The van der Waals surface area contributed by atoms with Crippen molar-refractivity contribution in [1.29, 1.82) is 0 Å². The highest BCUT2D eigenvalue weighted by Gasteiger charge is 2.21. The molecule has 130 valence electrons. The SMILES string of the molecule is O=C(Nc1ccc(N2CCNC2=O)cc1)c1cncn1-c1ccccc1. The van der Waals surface area contributed by atoms with Gasteiger partial charge >= 0.3 is 6.03 Å². The third-order valence-electron chi connectivity index (χ3n) is 4.20. The van der Waals surface area contributed by atoms with E-state index in [1.807, 2.05) is 42.5 Å². The molecule has 3 aromatic rings. The van der Waals surface area contributed by atoms with Gasteiger partial charge in [0.05, 0.1) is 12.5 Å². The topological polar surface area (TPSA) is 79.3 Å². The quantitative estimate of drug-likeness (QED) is 0.761. The average Bonchev–Trinajstić information content (AvgIpc) is 3.32. The van der Waals surface area contributed by atoms with Crippen molar-refractivity contribution in [3.05, 3.63) is 72.8 Å². The van der Waals surface area contributed by atoms with Crippen LogP contribution < -0.4 is 15.5 Å². The molecule has 1 aromatic heterocycles. The molecule has 1 aliphatic heterocycles. The number of nitrogens with zero attached hydrogens (tertiary/aromatic N) is 3. The normalized spacial score (nSPS) is 13.5. The Kier molecular flexibility index (Phi) is 4.10. The summed E-state index contributed by atoms with van der Waals surface area (Å²) in [6, 6.07) is 16.6. The lowest BCUT2D eigenvalue weighted by Crippen LogP contribution is -2.27. The van der Waals surface area contributed by atoms with E-state index in [1.54, 1.807) is 27.9 Å². The summed E-state index contributed by atoms with van der Waals surface area (Å²) in [5.74, 6) is -0.252. The molecule has 2 aromatic carbocycles. The van der Waals surface area contributed by atoms with Crippen LogP contribution in [0, 0.1) is 0 Å². The largest absolute Gasteiger partial charge is 0.336 e. The van der Waals surface area contributed by atoms with E-state index in [0.717, 1.165) is 11.4 Å². The van der Waals surface area contributed by atoms with Crippen molar-refractivity contribution in [2.24, 2.45) is 0 Å². The van der Waals surface area contributed by atoms with E-state index in [4.69, 9.17) is 0 Å². The molecule has 7 nitrogen and oxygen atoms in total. The number of nitrogens with one attached hydrogen (secondary N) is 2. The summed E-state index contributed by atoms with van der Waals surface area (Å²) >= 11 is 0. The minimum absolute atomic E-state index is 0.103. The highest BCUT2D eigenvalue weighted by molar-refractivity contribution is 6.03. The van der Waals surface area contributed by atoms with Crippen LogP contribution in [0.15, 0.2) is 67.1 Å². The maximum atomic E-state index is 12.6. The van der Waals surface area contributed by atoms with Crippen LogP contribution in [0.1, 0.15) is 10.5 Å². The highest BCUT2D eigenvalue weighted by atomic mass is 16.2. The first-order valence-corrected chi connectivity index (χ1v) is 8.27. The molecular formula is C19H17N5O2. The zero-order chi connectivity index (χ0) is 17.9. The Hall–Kier alpha value is -3.61. The Morgan fingerprint density at radius 3 is 2.50 bits per heavy atom. The van der Waals surface area contributed by atoms with Crippen LogP contribution >= 0.6 is 0 Å². The van der Waals surface area contributed by atoms with Crippen molar-refractivity contribution >= 4 is 23.3 Å². The first kappa shape index (κ1) is 15.9. The maximum Gasteiger partial charge on any atom is 0.321 e. The van der Waals surface area contributed by atoms with Crippen LogP contribution in [0.4, 0.5) is 16.2 Å². The van der Waals surface area contributed by atoms with Crippen molar-refractivity contribution in [3.63, 3.8) is 0 Å². The lowest BCUT2D eigenvalue weighted by Gasteiger charge is -2.15. The van der Waals surface area contributed by atoms with E-state index in [-0.39, 0.29) is 11.9 Å². The van der Waals surface area contributed by atoms with Crippen molar-refractivity contribution in [3.8, 4) is 5.69 Å². The Labute approximate surface area is 150 Å². The van der Waals surface area contributed by atoms with Crippen LogP contribution in [-0.4, -0.2) is 34.6 Å². The predicted molar refractivity (Wildman–Crippen MR) is 98.7 cm³/mol. The van der Waals surface area contributed by atoms with Gasteiger partial charge in [-0.3, -0.25) is 14.3 Å². The van der Waals surface area contributed by atoms with Crippen LogP contribution in [0.5, 0.6) is 0 Å². The number of carbonyl (C=O) groups is 2. The Morgan fingerprint density at radius 2 is 1.81 bits per heavy atom. The summed E-state index contributed by atoms with van der Waals surface area (Å²) in [7, 11) is 0. The van der Waals surface area contributed by atoms with Gasteiger partial charge in [0.2, 0.25) is 0 Å². The lowest BCUT2D eigenvalue weighted by atomic mass is 10.2. The molecule has 0 unspecified atom stereocenters. The van der Waals surface area contributed by atoms with E-state index >= 15 is 0 Å². The number of benzene rings is 2. The van der Waals surface area contributed by atoms with Crippen LogP contribution in [-0.2, 0) is 0 Å². The second-order valence-corrected chi connectivity index (χ2v) is 5.87. The second kappa shape index (κ2) is 6.72. The molecule has 1 aliphatic rings. The molecule has 0 spiro atoms. The second-order valence-electron chi connectivity index (χ2n) is 5.87. The molecule has 0 saturated carbocycles. The van der Waals surface area contributed by atoms with Gasteiger partial charge in [0, 0.05) is 30.2 Å². The number of amides is 3. The summed E-state index contributed by atoms with van der Waals surface area (Å²) in [6.45, 7) is 1.28. The highest BCUT2D eigenvalue weighted by Crippen LogP contribution is 2.20. The third kappa shape index (κ3) is 3.02. The van der Waals surface area contributed by atoms with Crippen molar-refractivity contribution in [2.45, 2.75) is 0 Å². The van der Waals surface area contributed by atoms with E-state index < -0.39 is 0 Å². The van der Waals surface area contributed by atoms with Gasteiger partial charge in [0.1, 0.15) is 5.69 Å². The van der Waals surface area contributed by atoms with Gasteiger partial charge in [-0.2, -0.15) is 0 Å². The summed E-state index contributed by atoms with van der Waals surface area (Å²) in [5.41, 5.74) is 2.76. The molecule has 26 heavy (non-hydrogen) atoms. The van der Waals surface area contributed by atoms with Gasteiger partial charge in [0.15, 0.2) is 0 Å². The Bertz CT molecular complexity index is 934. The summed E-state index contributed by atoms with van der Waals surface area (Å²) in [4.78, 5) is 30.1. The summed E-state index contributed by atoms with van der Waals surface area (Å²) in [5, 5.41) is 5.63. The first-order valence-electron chi connectivity index (χ1n) is 8.27. The molecule has 1 saturated heterocycles. The van der Waals surface area contributed by atoms with Crippen molar-refractivity contribution in [2.75, 3.05) is 23.3 Å². The van der Waals surface area contributed by atoms with Crippen LogP contribution in [0.2, 0.25) is 0 Å². The van der Waals surface area contributed by atoms with Crippen molar-refractivity contribution in [1.82, 2.24) is 14.9 Å². The number of hydrogen-bond acceptors (Lipinski definition) is 3. The van der Waals surface area contributed by atoms with Gasteiger partial charge in [-0.1, -0.05) is 18.2 Å². The minimum Gasteiger partial charge on any atom is -0.336 e. The molecule has 0 bridgehead atoms. The molecule has 0 aliphatic carbocycles. The van der Waals surface area contributed by atoms with Crippen molar-refractivity contribution < 1.29 is 9.59 Å². The summed E-state index contributed by atoms with van der Waals surface area (Å²) in [6.07, 6.45) is 3.14. The number of anilines is 2. The van der Waals surface area contributed by atoms with E-state index in [9.17, 15) is 9.59 Å². The molecule has 3 amide bonds. The molecule has 1 fully saturated rings. The minimum atomic E-state index is -0.252. The first-order chi connectivity index (χ1) is 12.7.